The molecule has 7 nitrogen and oxygen atoms in total. The van der Waals surface area contributed by atoms with Crippen LogP contribution in [0.15, 0.2) is 48.5 Å². The average molecular weight is 419 g/mol. The summed E-state index contributed by atoms with van der Waals surface area (Å²) in [6, 6.07) is 13.8. The molecule has 1 fully saturated rings. The quantitative estimate of drug-likeness (QED) is 0.755. The van der Waals surface area contributed by atoms with E-state index in [1.165, 1.54) is 4.90 Å². The molecule has 1 saturated heterocycles. The van der Waals surface area contributed by atoms with Crippen LogP contribution in [-0.4, -0.2) is 53.1 Å². The Kier molecular flexibility index (Phi) is 5.84. The fourth-order valence-corrected chi connectivity index (χ4v) is 4.19. The van der Waals surface area contributed by atoms with Gasteiger partial charge in [-0.2, -0.15) is 0 Å². The lowest BCUT2D eigenvalue weighted by atomic mass is 9.96. The van der Waals surface area contributed by atoms with Crippen molar-refractivity contribution in [3.8, 4) is 0 Å². The molecule has 0 radical (unpaired) electrons. The summed E-state index contributed by atoms with van der Waals surface area (Å²) in [5, 5.41) is 2.83. The van der Waals surface area contributed by atoms with E-state index in [0.717, 1.165) is 18.4 Å². The van der Waals surface area contributed by atoms with Crippen LogP contribution >= 0.6 is 0 Å². The van der Waals surface area contributed by atoms with Crippen LogP contribution in [0.3, 0.4) is 0 Å². The number of hydrogen-bond donors (Lipinski definition) is 1. The topological polar surface area (TPSA) is 86.8 Å². The van der Waals surface area contributed by atoms with E-state index in [0.29, 0.717) is 36.3 Å². The predicted molar refractivity (Wildman–Crippen MR) is 114 cm³/mol. The Morgan fingerprint density at radius 2 is 1.65 bits per heavy atom. The Balaban J connectivity index is 1.42. The van der Waals surface area contributed by atoms with Crippen LogP contribution in [-0.2, 0) is 11.3 Å². The van der Waals surface area contributed by atoms with Crippen molar-refractivity contribution in [2.75, 3.05) is 19.6 Å². The van der Waals surface area contributed by atoms with Gasteiger partial charge in [-0.25, -0.2) is 0 Å². The normalized spacial score (nSPS) is 18.2. The van der Waals surface area contributed by atoms with Gasteiger partial charge in [-0.05, 0) is 49.6 Å². The number of nitrogens with one attached hydrogen (secondary N) is 1. The highest BCUT2D eigenvalue weighted by molar-refractivity contribution is 6.21. The molecule has 1 unspecified atom stereocenters. The predicted octanol–water partition coefficient (Wildman–Crippen LogP) is 2.47. The van der Waals surface area contributed by atoms with Crippen molar-refractivity contribution in [1.82, 2.24) is 15.1 Å². The van der Waals surface area contributed by atoms with E-state index in [1.807, 2.05) is 6.92 Å². The second-order valence-electron chi connectivity index (χ2n) is 7.92. The Hall–Kier alpha value is -3.48. The van der Waals surface area contributed by atoms with Crippen LogP contribution in [0.2, 0.25) is 0 Å². The number of rotatable bonds is 5. The maximum atomic E-state index is 12.9. The van der Waals surface area contributed by atoms with Crippen molar-refractivity contribution in [2.24, 2.45) is 5.92 Å². The number of amides is 4. The first-order valence-corrected chi connectivity index (χ1v) is 10.6. The molecule has 2 aromatic carbocycles. The third-order valence-corrected chi connectivity index (χ3v) is 5.85. The third-order valence-electron chi connectivity index (χ3n) is 5.85. The lowest BCUT2D eigenvalue weighted by Gasteiger charge is -2.32. The Morgan fingerprint density at radius 3 is 2.26 bits per heavy atom. The maximum absolute atomic E-state index is 12.9. The minimum absolute atomic E-state index is 0.00343. The average Bonchev–Trinajstić information content (AvgIpc) is 3.04. The SMILES string of the molecule is CCNC(=O)C1CCCN(C(=O)c2ccc(CN3C(=O)c4ccccc4C3=O)cc2)C1. The van der Waals surface area contributed by atoms with Crippen molar-refractivity contribution < 1.29 is 19.2 Å². The maximum Gasteiger partial charge on any atom is 0.261 e. The van der Waals surface area contributed by atoms with E-state index in [2.05, 4.69) is 5.32 Å². The molecule has 2 aliphatic rings. The van der Waals surface area contributed by atoms with Crippen molar-refractivity contribution in [2.45, 2.75) is 26.3 Å². The molecule has 1 atom stereocenters. The summed E-state index contributed by atoms with van der Waals surface area (Å²) >= 11 is 0. The molecule has 2 heterocycles. The molecule has 7 heteroatoms. The summed E-state index contributed by atoms with van der Waals surface area (Å²) in [5.74, 6) is -0.890. The van der Waals surface area contributed by atoms with Crippen LogP contribution in [0.4, 0.5) is 0 Å². The molecule has 2 aromatic rings. The summed E-state index contributed by atoms with van der Waals surface area (Å²) < 4.78 is 0. The molecule has 160 valence electrons. The molecule has 1 N–H and O–H groups in total. The highest BCUT2D eigenvalue weighted by Crippen LogP contribution is 2.25. The summed E-state index contributed by atoms with van der Waals surface area (Å²) in [7, 11) is 0. The molecular weight excluding hydrogens is 394 g/mol. The molecule has 0 bridgehead atoms. The number of fused-ring (bicyclic) bond motifs is 1. The zero-order chi connectivity index (χ0) is 22.0. The summed E-state index contributed by atoms with van der Waals surface area (Å²) in [4.78, 5) is 53.1. The number of carbonyl (C=O) groups excluding carboxylic acids is 4. The van der Waals surface area contributed by atoms with Crippen LogP contribution in [0.5, 0.6) is 0 Å². The van der Waals surface area contributed by atoms with Gasteiger partial charge in [-0.3, -0.25) is 24.1 Å². The molecule has 4 rings (SSSR count). The molecule has 0 saturated carbocycles. The number of imide groups is 1. The van der Waals surface area contributed by atoms with Gasteiger partial charge in [0.1, 0.15) is 0 Å². The van der Waals surface area contributed by atoms with Gasteiger partial charge in [0.15, 0.2) is 0 Å². The monoisotopic (exact) mass is 419 g/mol. The Labute approximate surface area is 181 Å². The molecule has 0 aliphatic carbocycles. The molecule has 31 heavy (non-hydrogen) atoms. The van der Waals surface area contributed by atoms with Crippen molar-refractivity contribution in [3.05, 3.63) is 70.8 Å². The highest BCUT2D eigenvalue weighted by atomic mass is 16.2. The van der Waals surface area contributed by atoms with Crippen molar-refractivity contribution in [3.63, 3.8) is 0 Å². The van der Waals surface area contributed by atoms with Gasteiger partial charge < -0.3 is 10.2 Å². The highest BCUT2D eigenvalue weighted by Gasteiger charge is 2.35. The largest absolute Gasteiger partial charge is 0.356 e. The van der Waals surface area contributed by atoms with Gasteiger partial charge in [0, 0.05) is 25.2 Å². The van der Waals surface area contributed by atoms with Crippen molar-refractivity contribution >= 4 is 23.6 Å². The van der Waals surface area contributed by atoms with Crippen LogP contribution < -0.4 is 5.32 Å². The van der Waals surface area contributed by atoms with E-state index >= 15 is 0 Å². The van der Waals surface area contributed by atoms with E-state index < -0.39 is 0 Å². The van der Waals surface area contributed by atoms with Gasteiger partial charge in [0.25, 0.3) is 17.7 Å². The number of hydrogen-bond acceptors (Lipinski definition) is 4. The van der Waals surface area contributed by atoms with Crippen LogP contribution in [0.1, 0.15) is 56.4 Å². The molecular formula is C24H25N3O4. The van der Waals surface area contributed by atoms with Gasteiger partial charge in [0.2, 0.25) is 5.91 Å². The minimum Gasteiger partial charge on any atom is -0.356 e. The number of piperidine rings is 1. The molecule has 2 aliphatic heterocycles. The fraction of sp³-hybridized carbons (Fsp3) is 0.333. The van der Waals surface area contributed by atoms with E-state index in [-0.39, 0.29) is 36.1 Å². The first-order chi connectivity index (χ1) is 15.0. The molecule has 0 spiro atoms. The smallest absolute Gasteiger partial charge is 0.261 e. The second kappa shape index (κ2) is 8.71. The Bertz CT molecular complexity index is 996. The van der Waals surface area contributed by atoms with E-state index in [9.17, 15) is 19.2 Å². The zero-order valence-electron chi connectivity index (χ0n) is 17.5. The first kappa shape index (κ1) is 20.8. The molecule has 4 amide bonds. The van der Waals surface area contributed by atoms with Gasteiger partial charge in [-0.1, -0.05) is 24.3 Å². The van der Waals surface area contributed by atoms with Crippen LogP contribution in [0, 0.1) is 5.92 Å². The first-order valence-electron chi connectivity index (χ1n) is 10.6. The van der Waals surface area contributed by atoms with Crippen molar-refractivity contribution in [1.29, 1.82) is 0 Å². The number of benzene rings is 2. The number of carbonyl (C=O) groups is 4. The third kappa shape index (κ3) is 4.08. The summed E-state index contributed by atoms with van der Waals surface area (Å²) in [6.07, 6.45) is 1.58. The van der Waals surface area contributed by atoms with Gasteiger partial charge in [-0.15, -0.1) is 0 Å². The fourth-order valence-electron chi connectivity index (χ4n) is 4.19. The lowest BCUT2D eigenvalue weighted by molar-refractivity contribution is -0.126. The standard InChI is InChI=1S/C24H25N3O4/c1-2-25-21(28)18-6-5-13-26(15-18)22(29)17-11-9-16(10-12-17)14-27-23(30)19-7-3-4-8-20(19)24(27)31/h3-4,7-12,18H,2,5-6,13-15H2,1H3,(H,25,28). The zero-order valence-corrected chi connectivity index (χ0v) is 17.5. The number of likely N-dealkylation sites (tertiary alicyclic amines) is 1. The minimum atomic E-state index is -0.300. The summed E-state index contributed by atoms with van der Waals surface area (Å²) in [5.41, 5.74) is 2.14. The van der Waals surface area contributed by atoms with E-state index in [4.69, 9.17) is 0 Å². The Morgan fingerprint density at radius 1 is 1.00 bits per heavy atom. The second-order valence-corrected chi connectivity index (χ2v) is 7.92. The van der Waals surface area contributed by atoms with Crippen LogP contribution in [0.25, 0.3) is 0 Å². The number of nitrogens with zero attached hydrogens (tertiary/aromatic N) is 2. The van der Waals surface area contributed by atoms with E-state index in [1.54, 1.807) is 53.4 Å². The summed E-state index contributed by atoms with van der Waals surface area (Å²) in [6.45, 7) is 3.67. The van der Waals surface area contributed by atoms with Gasteiger partial charge in [0.05, 0.1) is 23.6 Å². The molecule has 0 aromatic heterocycles. The lowest BCUT2D eigenvalue weighted by Crippen LogP contribution is -2.45. The van der Waals surface area contributed by atoms with Gasteiger partial charge >= 0.3 is 0 Å².